The summed E-state index contributed by atoms with van der Waals surface area (Å²) in [4.78, 5) is 23.1. The van der Waals surface area contributed by atoms with Crippen molar-refractivity contribution in [2.24, 2.45) is 0 Å². The van der Waals surface area contributed by atoms with Crippen molar-refractivity contribution >= 4 is 53.1 Å². The lowest BCUT2D eigenvalue weighted by molar-refractivity contribution is -0.115. The van der Waals surface area contributed by atoms with Gasteiger partial charge in [0, 0.05) is 38.3 Å². The van der Waals surface area contributed by atoms with Gasteiger partial charge in [0.25, 0.3) is 0 Å². The number of methoxy groups -OCH3 is 2. The number of nitrogens with one attached hydrogen (secondary N) is 2. The van der Waals surface area contributed by atoms with Gasteiger partial charge in [-0.2, -0.15) is 8.61 Å². The monoisotopic (exact) mass is 784 g/mol. The van der Waals surface area contributed by atoms with Crippen molar-refractivity contribution in [1.29, 1.82) is 0 Å². The highest BCUT2D eigenvalue weighted by molar-refractivity contribution is 7.92. The summed E-state index contributed by atoms with van der Waals surface area (Å²) in [6.07, 6.45) is 0. The van der Waals surface area contributed by atoms with E-state index in [0.717, 1.165) is 8.61 Å². The second-order valence-electron chi connectivity index (χ2n) is 12.4. The van der Waals surface area contributed by atoms with Gasteiger partial charge >= 0.3 is 0 Å². The third-order valence-electron chi connectivity index (χ3n) is 8.54. The van der Waals surface area contributed by atoms with E-state index in [9.17, 15) is 34.8 Å². The first kappa shape index (κ1) is 39.4. The maximum Gasteiger partial charge on any atom is 0.247 e. The molecule has 0 saturated carbocycles. The Morgan fingerprint density at radius 2 is 1.00 bits per heavy atom. The molecule has 2 N–H and O–H groups in total. The molecule has 0 aromatic heterocycles. The Bertz CT molecular complexity index is 2150. The molecule has 1 saturated heterocycles. The zero-order valence-corrected chi connectivity index (χ0v) is 31.9. The largest absolute Gasteiger partial charge is 0.495 e. The van der Waals surface area contributed by atoms with Gasteiger partial charge < -0.3 is 20.1 Å². The van der Waals surface area contributed by atoms with Gasteiger partial charge in [-0.3, -0.25) is 9.59 Å². The Morgan fingerprint density at radius 3 is 1.32 bits per heavy atom. The fourth-order valence-corrected chi connectivity index (χ4v) is 12.0. The fourth-order valence-electron chi connectivity index (χ4n) is 6.22. The summed E-state index contributed by atoms with van der Waals surface area (Å²) in [6.45, 7) is 1.84. The number of nitrogens with zero attached hydrogens (tertiary/aromatic N) is 2. The van der Waals surface area contributed by atoms with Crippen LogP contribution in [0.15, 0.2) is 107 Å². The second-order valence-corrected chi connectivity index (χ2v) is 18.2. The second kappa shape index (κ2) is 16.1. The van der Waals surface area contributed by atoms with Gasteiger partial charge in [-0.15, -0.1) is 0 Å². The highest BCUT2D eigenvalue weighted by Crippen LogP contribution is 2.38. The zero-order valence-electron chi connectivity index (χ0n) is 29.4. The minimum Gasteiger partial charge on any atom is -0.495 e. The minimum absolute atomic E-state index is 0.0807. The van der Waals surface area contributed by atoms with Gasteiger partial charge in [-0.05, 0) is 47.5 Å². The maximum atomic E-state index is 15.0. The molecule has 2 amide bonds. The predicted octanol–water partition coefficient (Wildman–Crippen LogP) is 3.87. The van der Waals surface area contributed by atoms with Crippen LogP contribution in [0.4, 0.5) is 11.4 Å². The molecule has 1 fully saturated rings. The number of carbonyl (C=O) groups is 2. The van der Waals surface area contributed by atoms with Crippen molar-refractivity contribution in [2.45, 2.75) is 48.8 Å². The number of sulfonamides is 2. The van der Waals surface area contributed by atoms with Crippen LogP contribution in [0.3, 0.4) is 0 Å². The topological polar surface area (TPSA) is 186 Å². The molecule has 1 aliphatic rings. The van der Waals surface area contributed by atoms with Gasteiger partial charge in [-0.25, -0.2) is 25.3 Å². The highest BCUT2D eigenvalue weighted by Gasteiger charge is 2.51. The van der Waals surface area contributed by atoms with Crippen molar-refractivity contribution in [1.82, 2.24) is 8.61 Å². The van der Waals surface area contributed by atoms with E-state index in [2.05, 4.69) is 10.6 Å². The molecule has 4 aromatic carbocycles. The Kier molecular flexibility index (Phi) is 11.9. The number of hydrogen-bond donors (Lipinski definition) is 2. The van der Waals surface area contributed by atoms with Crippen LogP contribution in [0.5, 0.6) is 11.5 Å². The molecule has 2 atom stereocenters. The van der Waals surface area contributed by atoms with E-state index >= 15 is 0 Å². The molecule has 1 heterocycles. The van der Waals surface area contributed by atoms with Crippen LogP contribution in [-0.2, 0) is 52.6 Å². The van der Waals surface area contributed by atoms with Crippen LogP contribution in [0.25, 0.3) is 0 Å². The van der Waals surface area contributed by atoms with Crippen molar-refractivity contribution in [3.05, 3.63) is 108 Å². The van der Waals surface area contributed by atoms with Crippen molar-refractivity contribution in [2.75, 3.05) is 36.4 Å². The molecular weight excluding hydrogens is 745 g/mol. The van der Waals surface area contributed by atoms with Crippen LogP contribution < -0.4 is 20.1 Å². The fraction of sp³-hybridized carbons (Fsp3) is 0.278. The third kappa shape index (κ3) is 9.05. The summed E-state index contributed by atoms with van der Waals surface area (Å²) >= 11 is 0. The maximum absolute atomic E-state index is 15.0. The zero-order chi connectivity index (χ0) is 38.6. The number of sulfone groups is 1. The molecule has 0 bridgehead atoms. The molecule has 5 rings (SSSR count). The van der Waals surface area contributed by atoms with Gasteiger partial charge in [0.05, 0.1) is 37.8 Å². The van der Waals surface area contributed by atoms with Crippen LogP contribution in [-0.4, -0.2) is 83.5 Å². The number of hydrogen-bond acceptors (Lipinski definition) is 10. The molecule has 53 heavy (non-hydrogen) atoms. The van der Waals surface area contributed by atoms with Gasteiger partial charge in [-0.1, -0.05) is 60.7 Å². The summed E-state index contributed by atoms with van der Waals surface area (Å²) in [5.41, 5.74) is 1.29. The van der Waals surface area contributed by atoms with E-state index in [4.69, 9.17) is 9.47 Å². The van der Waals surface area contributed by atoms with E-state index in [1.54, 1.807) is 60.7 Å². The first-order chi connectivity index (χ1) is 25.1. The molecule has 14 nitrogen and oxygen atoms in total. The Morgan fingerprint density at radius 1 is 0.642 bits per heavy atom. The van der Waals surface area contributed by atoms with Gasteiger partial charge in [0.1, 0.15) is 21.3 Å². The normalized spacial score (nSPS) is 17.0. The molecular formula is C36H40N4O10S3. The SMILES string of the molecule is COc1ccc(NC(C)=O)cc1S(=O)(=O)N(Cc1ccccc1)[C@H]1CS(=O)(=O)C[C@@H]1N(Cc1ccccc1)S(=O)(=O)c1cc(NC(C)=O)ccc1OC. The Balaban J connectivity index is 1.74. The summed E-state index contributed by atoms with van der Waals surface area (Å²) < 4.78 is 100. The van der Waals surface area contributed by atoms with Crippen LogP contribution >= 0.6 is 0 Å². The first-order valence-electron chi connectivity index (χ1n) is 16.3. The van der Waals surface area contributed by atoms with E-state index in [1.165, 1.54) is 64.5 Å². The average molecular weight is 785 g/mol. The summed E-state index contributed by atoms with van der Waals surface area (Å²) in [7, 11) is -11.0. The van der Waals surface area contributed by atoms with Crippen LogP contribution in [0.2, 0.25) is 0 Å². The smallest absolute Gasteiger partial charge is 0.247 e. The molecule has 4 aromatic rings. The molecule has 0 radical (unpaired) electrons. The van der Waals surface area contributed by atoms with Crippen molar-refractivity contribution < 1.29 is 44.3 Å². The lowest BCUT2D eigenvalue weighted by Gasteiger charge is -2.37. The van der Waals surface area contributed by atoms with E-state index in [-0.39, 0.29) is 45.8 Å². The predicted molar refractivity (Wildman–Crippen MR) is 199 cm³/mol. The molecule has 0 unspecified atom stereocenters. The van der Waals surface area contributed by atoms with Crippen molar-refractivity contribution in [3.8, 4) is 11.5 Å². The third-order valence-corrected chi connectivity index (χ3v) is 14.0. The Labute approximate surface area is 309 Å². The Hall–Kier alpha value is -4.81. The molecule has 1 aliphatic heterocycles. The van der Waals surface area contributed by atoms with E-state index in [1.807, 2.05) is 0 Å². The summed E-state index contributed by atoms with van der Waals surface area (Å²) in [5, 5.41) is 5.12. The van der Waals surface area contributed by atoms with E-state index in [0.29, 0.717) is 11.1 Å². The molecule has 282 valence electrons. The highest BCUT2D eigenvalue weighted by atomic mass is 32.2. The van der Waals surface area contributed by atoms with E-state index < -0.39 is 65.3 Å². The quantitative estimate of drug-likeness (QED) is 0.190. The van der Waals surface area contributed by atoms with Gasteiger partial charge in [0.15, 0.2) is 9.84 Å². The number of amides is 2. The number of anilines is 2. The molecule has 0 spiro atoms. The van der Waals surface area contributed by atoms with Crippen molar-refractivity contribution in [3.63, 3.8) is 0 Å². The minimum atomic E-state index is -4.72. The number of rotatable bonds is 14. The number of carbonyl (C=O) groups excluding carboxylic acids is 2. The average Bonchev–Trinajstić information content (AvgIpc) is 3.43. The number of ether oxygens (including phenoxy) is 2. The lowest BCUT2D eigenvalue weighted by atomic mass is 10.1. The summed E-state index contributed by atoms with van der Waals surface area (Å²) in [5.74, 6) is -2.49. The molecule has 17 heteroatoms. The van der Waals surface area contributed by atoms with Crippen LogP contribution in [0.1, 0.15) is 25.0 Å². The lowest BCUT2D eigenvalue weighted by Crippen LogP contribution is -2.54. The molecule has 0 aliphatic carbocycles. The number of benzene rings is 4. The standard InChI is InChI=1S/C36H40N4O10S3/c1-25(41)37-29-15-17-33(49-3)35(19-29)52(45,46)39(21-27-11-7-5-8-12-27)31-23-51(43,44)24-32(31)40(22-28-13-9-6-10-14-28)53(47,48)36-20-30(38-26(2)42)16-18-34(36)50-4/h5-20,31-32H,21-24H2,1-4H3,(H,37,41)(H,38,42)/t31-,32-/m0/s1. The van der Waals surface area contributed by atoms with Crippen LogP contribution in [0, 0.1) is 0 Å². The van der Waals surface area contributed by atoms with Gasteiger partial charge in [0.2, 0.25) is 31.9 Å². The first-order valence-corrected chi connectivity index (χ1v) is 21.0. The summed E-state index contributed by atoms with van der Waals surface area (Å²) in [6, 6.07) is 22.1.